The van der Waals surface area contributed by atoms with Crippen LogP contribution in [0.15, 0.2) is 27.8 Å². The molecule has 1 aliphatic carbocycles. The molecule has 1 aliphatic heterocycles. The first kappa shape index (κ1) is 23.5. The molecule has 0 amide bonds. The lowest BCUT2D eigenvalue weighted by Crippen LogP contribution is -2.45. The molecule has 0 radical (unpaired) electrons. The summed E-state index contributed by atoms with van der Waals surface area (Å²) in [7, 11) is 0. The normalized spacial score (nSPS) is 28.4. The summed E-state index contributed by atoms with van der Waals surface area (Å²) < 4.78 is 11.2. The average Bonchev–Trinajstić information content (AvgIpc) is 3.20. The van der Waals surface area contributed by atoms with Crippen molar-refractivity contribution in [3.8, 4) is 0 Å². The van der Waals surface area contributed by atoms with Crippen molar-refractivity contribution in [1.29, 1.82) is 0 Å². The van der Waals surface area contributed by atoms with E-state index in [1.165, 1.54) is 12.8 Å². The van der Waals surface area contributed by atoms with Gasteiger partial charge in [-0.1, -0.05) is 19.8 Å². The molecule has 1 aromatic heterocycles. The molecule has 0 bridgehead atoms. The van der Waals surface area contributed by atoms with E-state index in [9.17, 15) is 5.11 Å². The fourth-order valence-electron chi connectivity index (χ4n) is 3.94. The molecule has 1 aromatic rings. The molecule has 3 rings (SSSR count). The molecule has 2 fully saturated rings. The molecule has 2 heterocycles. The van der Waals surface area contributed by atoms with Gasteiger partial charge in [0, 0.05) is 31.5 Å². The van der Waals surface area contributed by atoms with Crippen LogP contribution in [-0.2, 0) is 11.2 Å². The number of furan rings is 1. The number of rotatable bonds is 7. The van der Waals surface area contributed by atoms with Crippen molar-refractivity contribution in [3.05, 3.63) is 24.2 Å². The second-order valence-electron chi connectivity index (χ2n) is 8.21. The van der Waals surface area contributed by atoms with Gasteiger partial charge in [0.15, 0.2) is 5.96 Å². The summed E-state index contributed by atoms with van der Waals surface area (Å²) in [5, 5.41) is 17.3. The first-order chi connectivity index (χ1) is 13.2. The number of aliphatic hydroxyl groups is 1. The van der Waals surface area contributed by atoms with E-state index in [2.05, 4.69) is 17.6 Å². The molecule has 28 heavy (non-hydrogen) atoms. The second kappa shape index (κ2) is 12.0. The highest BCUT2D eigenvalue weighted by molar-refractivity contribution is 14.0. The number of nitrogens with zero attached hydrogens (tertiary/aromatic N) is 1. The lowest BCUT2D eigenvalue weighted by atomic mass is 9.73. The molecular formula is C21H36IN3O3. The van der Waals surface area contributed by atoms with Gasteiger partial charge in [-0.2, -0.15) is 0 Å². The molecule has 2 aliphatic rings. The Hall–Kier alpha value is -0.800. The number of ether oxygens (including phenoxy) is 1. The molecule has 160 valence electrons. The Balaban J connectivity index is 0.00000280. The van der Waals surface area contributed by atoms with Crippen LogP contribution in [-0.4, -0.2) is 49.5 Å². The Bertz CT molecular complexity index is 575. The van der Waals surface area contributed by atoms with Crippen molar-refractivity contribution in [2.75, 3.05) is 26.2 Å². The fraction of sp³-hybridized carbons (Fsp3) is 0.762. The van der Waals surface area contributed by atoms with Crippen molar-refractivity contribution in [3.63, 3.8) is 0 Å². The van der Waals surface area contributed by atoms with Gasteiger partial charge in [0.25, 0.3) is 0 Å². The maximum absolute atomic E-state index is 10.4. The Morgan fingerprint density at radius 3 is 2.82 bits per heavy atom. The quantitative estimate of drug-likeness (QED) is 0.301. The smallest absolute Gasteiger partial charge is 0.191 e. The van der Waals surface area contributed by atoms with Crippen LogP contribution in [0, 0.1) is 5.41 Å². The molecule has 3 unspecified atom stereocenters. The number of aliphatic imine (C=N–C) groups is 1. The van der Waals surface area contributed by atoms with E-state index < -0.39 is 0 Å². The summed E-state index contributed by atoms with van der Waals surface area (Å²) in [6.07, 6.45) is 10.2. The van der Waals surface area contributed by atoms with Gasteiger partial charge in [0.05, 0.1) is 25.0 Å². The number of hydrogen-bond acceptors (Lipinski definition) is 4. The highest BCUT2D eigenvalue weighted by Gasteiger charge is 2.35. The lowest BCUT2D eigenvalue weighted by Gasteiger charge is -2.37. The molecule has 1 saturated carbocycles. The van der Waals surface area contributed by atoms with Crippen molar-refractivity contribution in [1.82, 2.24) is 10.6 Å². The summed E-state index contributed by atoms with van der Waals surface area (Å²) in [6, 6.07) is 3.90. The number of guanidine groups is 1. The van der Waals surface area contributed by atoms with E-state index in [1.54, 1.807) is 6.26 Å². The van der Waals surface area contributed by atoms with Gasteiger partial charge < -0.3 is 24.9 Å². The third kappa shape index (κ3) is 7.22. The zero-order valence-electron chi connectivity index (χ0n) is 17.0. The average molecular weight is 505 g/mol. The Labute approximate surface area is 185 Å². The standard InChI is InChI=1S/C21H35N3O3.HI/c1-21(11-4-2-9-19(21)25)16-24-20(22-12-10-17-8-6-14-26-17)23-15-18-7-3-5-13-27-18;/h6,8,14,18-19,25H,2-5,7,9-13,15-16H2,1H3,(H2,22,23,24);1H. The Kier molecular flexibility index (Phi) is 10.1. The summed E-state index contributed by atoms with van der Waals surface area (Å²) >= 11 is 0. The van der Waals surface area contributed by atoms with Gasteiger partial charge in [-0.15, -0.1) is 24.0 Å². The van der Waals surface area contributed by atoms with Crippen LogP contribution in [0.5, 0.6) is 0 Å². The Morgan fingerprint density at radius 2 is 2.11 bits per heavy atom. The first-order valence-corrected chi connectivity index (χ1v) is 10.5. The molecule has 3 atom stereocenters. The predicted molar refractivity (Wildman–Crippen MR) is 122 cm³/mol. The molecule has 7 heteroatoms. The number of halogens is 1. The summed E-state index contributed by atoms with van der Waals surface area (Å²) in [6.45, 7) is 5.17. The largest absolute Gasteiger partial charge is 0.469 e. The van der Waals surface area contributed by atoms with Crippen LogP contribution in [0.25, 0.3) is 0 Å². The van der Waals surface area contributed by atoms with Gasteiger partial charge in [-0.3, -0.25) is 4.99 Å². The second-order valence-corrected chi connectivity index (χ2v) is 8.21. The van der Waals surface area contributed by atoms with Crippen molar-refractivity contribution in [2.45, 2.75) is 70.5 Å². The SMILES string of the molecule is CC1(CN=C(NCCc2ccco2)NCC2CCCCO2)CCCCC1O.I. The van der Waals surface area contributed by atoms with E-state index in [0.717, 1.165) is 69.9 Å². The Morgan fingerprint density at radius 1 is 1.25 bits per heavy atom. The van der Waals surface area contributed by atoms with Gasteiger partial charge in [-0.25, -0.2) is 0 Å². The third-order valence-electron chi connectivity index (χ3n) is 5.89. The van der Waals surface area contributed by atoms with Gasteiger partial charge in [-0.05, 0) is 44.2 Å². The zero-order chi connectivity index (χ0) is 19.0. The highest BCUT2D eigenvalue weighted by Crippen LogP contribution is 2.36. The number of hydrogen-bond donors (Lipinski definition) is 3. The number of aliphatic hydroxyl groups excluding tert-OH is 1. The summed E-state index contributed by atoms with van der Waals surface area (Å²) in [5.41, 5.74) is -0.130. The summed E-state index contributed by atoms with van der Waals surface area (Å²) in [4.78, 5) is 4.82. The van der Waals surface area contributed by atoms with Gasteiger partial charge >= 0.3 is 0 Å². The van der Waals surface area contributed by atoms with E-state index in [4.69, 9.17) is 14.1 Å². The maximum Gasteiger partial charge on any atom is 0.191 e. The van der Waals surface area contributed by atoms with E-state index in [1.807, 2.05) is 12.1 Å². The van der Waals surface area contributed by atoms with Gasteiger partial charge in [0.2, 0.25) is 0 Å². The first-order valence-electron chi connectivity index (χ1n) is 10.5. The molecular weight excluding hydrogens is 469 g/mol. The lowest BCUT2D eigenvalue weighted by molar-refractivity contribution is 0.00701. The van der Waals surface area contributed by atoms with Crippen molar-refractivity contribution >= 4 is 29.9 Å². The third-order valence-corrected chi connectivity index (χ3v) is 5.89. The van der Waals surface area contributed by atoms with Gasteiger partial charge in [0.1, 0.15) is 5.76 Å². The minimum absolute atomic E-state index is 0. The van der Waals surface area contributed by atoms with Crippen molar-refractivity contribution < 1.29 is 14.3 Å². The van der Waals surface area contributed by atoms with E-state index in [-0.39, 0.29) is 41.6 Å². The highest BCUT2D eigenvalue weighted by atomic mass is 127. The van der Waals surface area contributed by atoms with Crippen LogP contribution in [0.1, 0.15) is 57.6 Å². The van der Waals surface area contributed by atoms with Crippen LogP contribution in [0.3, 0.4) is 0 Å². The minimum atomic E-state index is -0.263. The van der Waals surface area contributed by atoms with Crippen LogP contribution in [0.4, 0.5) is 0 Å². The molecule has 1 saturated heterocycles. The van der Waals surface area contributed by atoms with Crippen LogP contribution < -0.4 is 10.6 Å². The van der Waals surface area contributed by atoms with Crippen LogP contribution >= 0.6 is 24.0 Å². The molecule has 6 nitrogen and oxygen atoms in total. The predicted octanol–water partition coefficient (Wildman–Crippen LogP) is 3.49. The maximum atomic E-state index is 10.4. The van der Waals surface area contributed by atoms with E-state index >= 15 is 0 Å². The fourth-order valence-corrected chi connectivity index (χ4v) is 3.94. The van der Waals surface area contributed by atoms with E-state index in [0.29, 0.717) is 6.54 Å². The number of nitrogens with one attached hydrogen (secondary N) is 2. The molecule has 0 aromatic carbocycles. The molecule has 3 N–H and O–H groups in total. The zero-order valence-corrected chi connectivity index (χ0v) is 19.3. The van der Waals surface area contributed by atoms with Crippen LogP contribution in [0.2, 0.25) is 0 Å². The molecule has 0 spiro atoms. The minimum Gasteiger partial charge on any atom is -0.469 e. The topological polar surface area (TPSA) is 79.0 Å². The monoisotopic (exact) mass is 505 g/mol. The summed E-state index contributed by atoms with van der Waals surface area (Å²) in [5.74, 6) is 1.77. The van der Waals surface area contributed by atoms with Crippen molar-refractivity contribution in [2.24, 2.45) is 10.4 Å².